The van der Waals surface area contributed by atoms with Gasteiger partial charge in [0.25, 0.3) is 0 Å². The average molecular weight is 354 g/mol. The first kappa shape index (κ1) is 15.9. The van der Waals surface area contributed by atoms with E-state index in [0.29, 0.717) is 11.4 Å². The molecule has 0 aliphatic carbocycles. The molecule has 0 unspecified atom stereocenters. The fraction of sp³-hybridized carbons (Fsp3) is 0.357. The van der Waals surface area contributed by atoms with Crippen molar-refractivity contribution in [2.45, 2.75) is 17.8 Å². The van der Waals surface area contributed by atoms with E-state index in [2.05, 4.69) is 10.6 Å². The van der Waals surface area contributed by atoms with E-state index in [1.807, 2.05) is 17.5 Å². The Morgan fingerprint density at radius 2 is 2.35 bits per heavy atom. The second kappa shape index (κ2) is 6.63. The van der Waals surface area contributed by atoms with Crippen molar-refractivity contribution in [3.63, 3.8) is 0 Å². The molecule has 3 heterocycles. The molecular formula is C14H14N2O5S2. The molecule has 0 bridgehead atoms. The number of carboxylic acid groups (broad SMARTS) is 1. The summed E-state index contributed by atoms with van der Waals surface area (Å²) in [4.78, 5) is 36.0. The van der Waals surface area contributed by atoms with E-state index in [9.17, 15) is 19.5 Å². The molecule has 23 heavy (non-hydrogen) atoms. The monoisotopic (exact) mass is 354 g/mol. The number of carboxylic acids is 1. The van der Waals surface area contributed by atoms with E-state index in [4.69, 9.17) is 4.74 Å². The Hall–Kier alpha value is -2.00. The first-order valence-electron chi connectivity index (χ1n) is 6.86. The maximum atomic E-state index is 12.1. The van der Waals surface area contributed by atoms with Crippen LogP contribution in [0.25, 0.3) is 0 Å². The summed E-state index contributed by atoms with van der Waals surface area (Å²) in [7, 11) is 0. The molecule has 9 heteroatoms. The van der Waals surface area contributed by atoms with Gasteiger partial charge in [-0.25, -0.2) is 9.59 Å². The summed E-state index contributed by atoms with van der Waals surface area (Å²) in [6.45, 7) is 0.239. The predicted molar refractivity (Wildman–Crippen MR) is 85.0 cm³/mol. The topological polar surface area (TPSA) is 105 Å². The molecule has 1 amide bonds. The second-order valence-electron chi connectivity index (χ2n) is 5.07. The average Bonchev–Trinajstić information content (AvgIpc) is 3.15. The molecule has 2 aliphatic heterocycles. The summed E-state index contributed by atoms with van der Waals surface area (Å²) in [6.07, 6.45) is 0.134. The fourth-order valence-corrected chi connectivity index (χ4v) is 4.22. The van der Waals surface area contributed by atoms with Crippen LogP contribution in [0.3, 0.4) is 0 Å². The summed E-state index contributed by atoms with van der Waals surface area (Å²) < 4.78 is 4.92. The highest BCUT2D eigenvalue weighted by molar-refractivity contribution is 8.00. The van der Waals surface area contributed by atoms with Gasteiger partial charge in [-0.05, 0) is 11.4 Å². The molecule has 0 saturated carbocycles. The zero-order valence-electron chi connectivity index (χ0n) is 11.9. The molecule has 7 nitrogen and oxygen atoms in total. The van der Waals surface area contributed by atoms with Crippen molar-refractivity contribution in [3.05, 3.63) is 33.7 Å². The fourth-order valence-electron chi connectivity index (χ4n) is 2.33. The molecule has 2 aliphatic rings. The van der Waals surface area contributed by atoms with E-state index >= 15 is 0 Å². The number of thioether (sulfide) groups is 1. The van der Waals surface area contributed by atoms with E-state index in [0.717, 1.165) is 10.5 Å². The van der Waals surface area contributed by atoms with Gasteiger partial charge in [0, 0.05) is 16.2 Å². The van der Waals surface area contributed by atoms with Gasteiger partial charge in [-0.1, -0.05) is 6.07 Å². The largest absolute Gasteiger partial charge is 0.480 e. The van der Waals surface area contributed by atoms with Crippen LogP contribution >= 0.6 is 23.1 Å². The number of esters is 1. The number of thiophene rings is 1. The van der Waals surface area contributed by atoms with Gasteiger partial charge < -0.3 is 20.5 Å². The Labute approximate surface area is 140 Å². The van der Waals surface area contributed by atoms with E-state index in [1.165, 1.54) is 23.1 Å². The number of aliphatic carboxylic acids is 1. The lowest BCUT2D eigenvalue weighted by atomic mass is 10.2. The van der Waals surface area contributed by atoms with Crippen LogP contribution < -0.4 is 10.6 Å². The molecule has 2 atom stereocenters. The molecule has 0 radical (unpaired) electrons. The van der Waals surface area contributed by atoms with Crippen molar-refractivity contribution >= 4 is 40.9 Å². The smallest absolute Gasteiger partial charge is 0.354 e. The van der Waals surface area contributed by atoms with Crippen LogP contribution in [0.2, 0.25) is 0 Å². The minimum Gasteiger partial charge on any atom is -0.480 e. The third kappa shape index (κ3) is 3.50. The van der Waals surface area contributed by atoms with E-state index < -0.39 is 23.4 Å². The Morgan fingerprint density at radius 3 is 3.04 bits per heavy atom. The summed E-state index contributed by atoms with van der Waals surface area (Å²) in [5, 5.41) is 16.1. The number of carbonyl (C=O) groups is 3. The van der Waals surface area contributed by atoms with Crippen molar-refractivity contribution in [2.24, 2.45) is 0 Å². The van der Waals surface area contributed by atoms with Crippen molar-refractivity contribution in [3.8, 4) is 0 Å². The number of rotatable bonds is 5. The van der Waals surface area contributed by atoms with Gasteiger partial charge in [-0.2, -0.15) is 0 Å². The maximum absolute atomic E-state index is 12.1. The van der Waals surface area contributed by atoms with Gasteiger partial charge in [0.2, 0.25) is 5.91 Å². The number of ether oxygens (including phenoxy) is 1. The highest BCUT2D eigenvalue weighted by Gasteiger charge is 2.38. The lowest BCUT2D eigenvalue weighted by Gasteiger charge is -2.29. The maximum Gasteiger partial charge on any atom is 0.354 e. The molecule has 0 saturated heterocycles. The van der Waals surface area contributed by atoms with Crippen LogP contribution in [-0.4, -0.2) is 46.7 Å². The van der Waals surface area contributed by atoms with Gasteiger partial charge in [0.05, 0.1) is 6.42 Å². The molecule has 3 N–H and O–H groups in total. The van der Waals surface area contributed by atoms with Crippen LogP contribution in [-0.2, 0) is 25.5 Å². The number of hydrogen-bond donors (Lipinski definition) is 3. The Balaban J connectivity index is 1.66. The minimum atomic E-state index is -1.15. The lowest BCUT2D eigenvalue weighted by molar-refractivity contribution is -0.142. The standard InChI is InChI=1S/C14H14N2O5S2/c17-9(4-8-2-1-3-22-8)15-11(13(18)19)12-16-10-7(6-23-12)5-21-14(10)20/h1-3,11-12,16H,4-6H2,(H,15,17)(H,18,19)/t11-,12+/m0/s1. The molecule has 0 fully saturated rings. The Bertz CT molecular complexity index is 671. The number of cyclic esters (lactones) is 1. The first-order valence-corrected chi connectivity index (χ1v) is 8.79. The van der Waals surface area contributed by atoms with Crippen molar-refractivity contribution < 1.29 is 24.2 Å². The molecule has 3 rings (SSSR count). The van der Waals surface area contributed by atoms with Crippen LogP contribution in [0.5, 0.6) is 0 Å². The zero-order chi connectivity index (χ0) is 16.4. The molecule has 1 aromatic heterocycles. The van der Waals surface area contributed by atoms with Crippen molar-refractivity contribution in [2.75, 3.05) is 12.4 Å². The predicted octanol–water partition coefficient (Wildman–Crippen LogP) is 0.333. The Kier molecular flexibility index (Phi) is 4.58. The normalized spacial score (nSPS) is 21.2. The first-order chi connectivity index (χ1) is 11.0. The molecule has 122 valence electrons. The number of nitrogens with one attached hydrogen (secondary N) is 2. The quantitative estimate of drug-likeness (QED) is 0.655. The number of carbonyl (C=O) groups excluding carboxylic acids is 2. The van der Waals surface area contributed by atoms with Crippen LogP contribution in [0, 0.1) is 0 Å². The van der Waals surface area contributed by atoms with Crippen LogP contribution in [0.15, 0.2) is 28.8 Å². The van der Waals surface area contributed by atoms with Crippen LogP contribution in [0.1, 0.15) is 4.88 Å². The highest BCUT2D eigenvalue weighted by atomic mass is 32.2. The van der Waals surface area contributed by atoms with Crippen molar-refractivity contribution in [1.82, 2.24) is 10.6 Å². The number of amides is 1. The number of hydrogen-bond acceptors (Lipinski definition) is 7. The molecule has 0 spiro atoms. The van der Waals surface area contributed by atoms with Gasteiger partial charge in [0.1, 0.15) is 17.7 Å². The minimum absolute atomic E-state index is 0.134. The van der Waals surface area contributed by atoms with Gasteiger partial charge >= 0.3 is 11.9 Å². The second-order valence-corrected chi connectivity index (χ2v) is 7.23. The summed E-state index contributed by atoms with van der Waals surface area (Å²) in [5.74, 6) is -1.48. The zero-order valence-corrected chi connectivity index (χ0v) is 13.5. The van der Waals surface area contributed by atoms with Crippen LogP contribution in [0.4, 0.5) is 0 Å². The lowest BCUT2D eigenvalue weighted by Crippen LogP contribution is -2.54. The summed E-state index contributed by atoms with van der Waals surface area (Å²) in [5.41, 5.74) is 1.15. The van der Waals surface area contributed by atoms with E-state index in [1.54, 1.807) is 0 Å². The third-order valence-electron chi connectivity index (χ3n) is 3.46. The summed E-state index contributed by atoms with van der Waals surface area (Å²) in [6, 6.07) is 2.52. The highest BCUT2D eigenvalue weighted by Crippen LogP contribution is 2.28. The Morgan fingerprint density at radius 1 is 1.52 bits per heavy atom. The third-order valence-corrected chi connectivity index (χ3v) is 5.60. The summed E-state index contributed by atoms with van der Waals surface area (Å²) >= 11 is 2.77. The molecule has 1 aromatic rings. The van der Waals surface area contributed by atoms with Gasteiger partial charge in [0.15, 0.2) is 6.04 Å². The SMILES string of the molecule is O=C(Cc1cccs1)N[C@H](C(=O)O)[C@@H]1NC2=C(COC2=O)CS1. The molecular weight excluding hydrogens is 340 g/mol. The van der Waals surface area contributed by atoms with Gasteiger partial charge in [-0.15, -0.1) is 23.1 Å². The van der Waals surface area contributed by atoms with E-state index in [-0.39, 0.29) is 18.9 Å². The van der Waals surface area contributed by atoms with Gasteiger partial charge in [-0.3, -0.25) is 4.79 Å². The molecule has 0 aromatic carbocycles. The van der Waals surface area contributed by atoms with Crippen molar-refractivity contribution in [1.29, 1.82) is 0 Å².